The summed E-state index contributed by atoms with van der Waals surface area (Å²) in [6.45, 7) is 1.85. The van der Waals surface area contributed by atoms with Crippen molar-refractivity contribution in [3.8, 4) is 0 Å². The van der Waals surface area contributed by atoms with Gasteiger partial charge in [0.15, 0.2) is 0 Å². The van der Waals surface area contributed by atoms with Gasteiger partial charge in [-0.05, 0) is 25.8 Å². The molecule has 0 heterocycles. The minimum absolute atomic E-state index is 0.149. The fraction of sp³-hybridized carbons (Fsp3) is 0.727. The number of hydrogen-bond donors (Lipinski definition) is 1. The van der Waals surface area contributed by atoms with E-state index in [4.69, 9.17) is 14.6 Å². The van der Waals surface area contributed by atoms with Gasteiger partial charge in [0.25, 0.3) is 0 Å². The molecule has 5 nitrogen and oxygen atoms in total. The highest BCUT2D eigenvalue weighted by atomic mass is 16.7. The van der Waals surface area contributed by atoms with Crippen molar-refractivity contribution in [3.05, 3.63) is 12.2 Å². The lowest BCUT2D eigenvalue weighted by molar-refractivity contribution is -0.135. The van der Waals surface area contributed by atoms with Crippen molar-refractivity contribution in [2.75, 3.05) is 21.0 Å². The first-order chi connectivity index (χ1) is 7.60. The van der Waals surface area contributed by atoms with Gasteiger partial charge in [-0.1, -0.05) is 0 Å². The normalized spacial score (nSPS) is 15.0. The molecule has 0 rings (SSSR count). The second-order valence-corrected chi connectivity index (χ2v) is 3.42. The van der Waals surface area contributed by atoms with Crippen LogP contribution in [-0.4, -0.2) is 44.3 Å². The Bertz CT molecular complexity index is 212. The third kappa shape index (κ3) is 8.40. The highest BCUT2D eigenvalue weighted by Crippen LogP contribution is 2.07. The number of rotatable bonds is 8. The molecule has 0 amide bonds. The zero-order valence-electron chi connectivity index (χ0n) is 10.0. The number of carbonyl (C=O) groups is 1. The molecular formula is C11H20O5. The summed E-state index contributed by atoms with van der Waals surface area (Å²) in [5, 5.41) is 9.15. The summed E-state index contributed by atoms with van der Waals surface area (Å²) >= 11 is 0. The molecule has 0 aromatic rings. The summed E-state index contributed by atoms with van der Waals surface area (Å²) in [4.78, 5) is 10.9. The van der Waals surface area contributed by atoms with Gasteiger partial charge >= 0.3 is 5.97 Å². The molecule has 16 heavy (non-hydrogen) atoms. The van der Waals surface area contributed by atoms with Gasteiger partial charge in [0.1, 0.15) is 6.79 Å². The van der Waals surface area contributed by atoms with Gasteiger partial charge in [-0.3, -0.25) is 0 Å². The predicted octanol–water partition coefficient (Wildman–Crippen LogP) is 0.866. The number of ether oxygens (including phenoxy) is 3. The zero-order chi connectivity index (χ0) is 12.4. The van der Waals surface area contributed by atoms with Crippen LogP contribution in [0.25, 0.3) is 0 Å². The van der Waals surface area contributed by atoms with Crippen molar-refractivity contribution in [3.63, 3.8) is 0 Å². The van der Waals surface area contributed by atoms with E-state index < -0.39 is 5.97 Å². The molecule has 5 heteroatoms. The van der Waals surface area contributed by atoms with Crippen LogP contribution in [0.3, 0.4) is 0 Å². The maximum Gasteiger partial charge on any atom is 0.330 e. The first-order valence-electron chi connectivity index (χ1n) is 5.15. The largest absolute Gasteiger partial charge is 0.466 e. The number of aliphatic hydroxyl groups excluding tert-OH is 1. The number of esters is 1. The van der Waals surface area contributed by atoms with Gasteiger partial charge in [0.2, 0.25) is 0 Å². The Balaban J connectivity index is 4.08. The number of carbonyl (C=O) groups excluding carboxylic acids is 1. The Morgan fingerprint density at radius 1 is 1.38 bits per heavy atom. The number of hydrogen-bond acceptors (Lipinski definition) is 5. The molecule has 0 aliphatic rings. The van der Waals surface area contributed by atoms with Crippen LogP contribution in [0, 0.1) is 0 Å². The average Bonchev–Trinajstić information content (AvgIpc) is 2.27. The third-order valence-electron chi connectivity index (χ3n) is 1.92. The second-order valence-electron chi connectivity index (χ2n) is 3.42. The summed E-state index contributed by atoms with van der Waals surface area (Å²) in [5.74, 6) is -0.428. The highest BCUT2D eigenvalue weighted by molar-refractivity contribution is 5.81. The smallest absolute Gasteiger partial charge is 0.330 e. The molecule has 94 valence electrons. The Hall–Kier alpha value is -0.910. The number of methoxy groups -OCH3 is 2. The monoisotopic (exact) mass is 232 g/mol. The molecule has 0 radical (unpaired) electrons. The zero-order valence-corrected chi connectivity index (χ0v) is 10.0. The van der Waals surface area contributed by atoms with Crippen molar-refractivity contribution < 1.29 is 24.1 Å². The standard InChI is InChI=1S/C11H20O5/c1-9(12)4-5-10(16-8-14-2)6-7-11(13)15-3/h6-7,9-10,12H,4-5,8H2,1-3H3/b7-6+/t9-,10+/m0/s1. The quantitative estimate of drug-likeness (QED) is 0.382. The Labute approximate surface area is 96.0 Å². The van der Waals surface area contributed by atoms with Gasteiger partial charge in [-0.15, -0.1) is 0 Å². The van der Waals surface area contributed by atoms with E-state index >= 15 is 0 Å². The molecule has 0 unspecified atom stereocenters. The van der Waals surface area contributed by atoms with E-state index in [1.165, 1.54) is 20.3 Å². The van der Waals surface area contributed by atoms with E-state index in [0.29, 0.717) is 12.8 Å². The minimum atomic E-state index is -0.428. The molecule has 0 aromatic heterocycles. The van der Waals surface area contributed by atoms with Crippen molar-refractivity contribution in [2.45, 2.75) is 32.0 Å². The lowest BCUT2D eigenvalue weighted by Crippen LogP contribution is -2.15. The second kappa shape index (κ2) is 9.33. The maximum atomic E-state index is 10.9. The van der Waals surface area contributed by atoms with Gasteiger partial charge in [0.05, 0.1) is 19.3 Å². The van der Waals surface area contributed by atoms with Crippen LogP contribution in [0.5, 0.6) is 0 Å². The fourth-order valence-corrected chi connectivity index (χ4v) is 1.05. The van der Waals surface area contributed by atoms with Gasteiger partial charge in [-0.2, -0.15) is 0 Å². The summed E-state index contributed by atoms with van der Waals surface area (Å²) in [7, 11) is 2.84. The molecule has 0 aliphatic heterocycles. The number of aliphatic hydroxyl groups is 1. The van der Waals surface area contributed by atoms with E-state index in [-0.39, 0.29) is 19.0 Å². The van der Waals surface area contributed by atoms with Crippen molar-refractivity contribution in [1.82, 2.24) is 0 Å². The van der Waals surface area contributed by atoms with E-state index in [1.807, 2.05) is 0 Å². The van der Waals surface area contributed by atoms with Crippen LogP contribution in [0.2, 0.25) is 0 Å². The molecule has 0 bridgehead atoms. The lowest BCUT2D eigenvalue weighted by Gasteiger charge is -2.14. The third-order valence-corrected chi connectivity index (χ3v) is 1.92. The van der Waals surface area contributed by atoms with Crippen LogP contribution in [-0.2, 0) is 19.0 Å². The van der Waals surface area contributed by atoms with Crippen LogP contribution >= 0.6 is 0 Å². The topological polar surface area (TPSA) is 65.0 Å². The highest BCUT2D eigenvalue weighted by Gasteiger charge is 2.08. The van der Waals surface area contributed by atoms with Gasteiger partial charge < -0.3 is 19.3 Å². The predicted molar refractivity (Wildman–Crippen MR) is 58.8 cm³/mol. The molecule has 2 atom stereocenters. The van der Waals surface area contributed by atoms with E-state index in [1.54, 1.807) is 13.0 Å². The minimum Gasteiger partial charge on any atom is -0.466 e. The molecular weight excluding hydrogens is 212 g/mol. The summed E-state index contributed by atoms with van der Waals surface area (Å²) in [6, 6.07) is 0. The summed E-state index contributed by atoms with van der Waals surface area (Å²) in [6.07, 6.45) is 3.48. The molecule has 0 saturated heterocycles. The van der Waals surface area contributed by atoms with Crippen molar-refractivity contribution in [2.24, 2.45) is 0 Å². The SMILES string of the molecule is COCO[C@@H](/C=C/C(=O)OC)CC[C@H](C)O. The van der Waals surface area contributed by atoms with Crippen molar-refractivity contribution >= 4 is 5.97 Å². The Morgan fingerprint density at radius 2 is 2.06 bits per heavy atom. The summed E-state index contributed by atoms with van der Waals surface area (Å²) < 4.78 is 14.6. The van der Waals surface area contributed by atoms with E-state index in [0.717, 1.165) is 0 Å². The van der Waals surface area contributed by atoms with E-state index in [2.05, 4.69) is 4.74 Å². The van der Waals surface area contributed by atoms with Crippen molar-refractivity contribution in [1.29, 1.82) is 0 Å². The molecule has 0 saturated carbocycles. The van der Waals surface area contributed by atoms with Crippen LogP contribution in [0.15, 0.2) is 12.2 Å². The molecule has 0 fully saturated rings. The van der Waals surface area contributed by atoms with Gasteiger partial charge in [-0.25, -0.2) is 4.79 Å². The Morgan fingerprint density at radius 3 is 2.56 bits per heavy atom. The van der Waals surface area contributed by atoms with Crippen LogP contribution in [0.4, 0.5) is 0 Å². The fourth-order valence-electron chi connectivity index (χ4n) is 1.05. The summed E-state index contributed by atoms with van der Waals surface area (Å²) in [5.41, 5.74) is 0. The Kier molecular flexibility index (Phi) is 8.80. The van der Waals surface area contributed by atoms with Gasteiger partial charge in [0, 0.05) is 13.2 Å². The lowest BCUT2D eigenvalue weighted by atomic mass is 10.1. The van der Waals surface area contributed by atoms with E-state index in [9.17, 15) is 4.79 Å². The molecule has 0 spiro atoms. The van der Waals surface area contributed by atoms with Crippen LogP contribution < -0.4 is 0 Å². The average molecular weight is 232 g/mol. The molecule has 0 aliphatic carbocycles. The first-order valence-corrected chi connectivity index (χ1v) is 5.15. The van der Waals surface area contributed by atoms with Crippen LogP contribution in [0.1, 0.15) is 19.8 Å². The molecule has 0 aromatic carbocycles. The maximum absolute atomic E-state index is 10.9. The molecule has 1 N–H and O–H groups in total. The first kappa shape index (κ1) is 15.1.